The van der Waals surface area contributed by atoms with Gasteiger partial charge in [0, 0.05) is 30.2 Å². The summed E-state index contributed by atoms with van der Waals surface area (Å²) in [6.07, 6.45) is 4.96. The summed E-state index contributed by atoms with van der Waals surface area (Å²) in [4.78, 5) is 22.2. The molecular formula is C26H32N6O3. The van der Waals surface area contributed by atoms with E-state index < -0.39 is 5.60 Å². The van der Waals surface area contributed by atoms with E-state index in [-0.39, 0.29) is 17.9 Å². The summed E-state index contributed by atoms with van der Waals surface area (Å²) in [7, 11) is 0. The third kappa shape index (κ3) is 4.42. The van der Waals surface area contributed by atoms with Gasteiger partial charge in [0.25, 0.3) is 5.88 Å². The number of H-pyrrole nitrogens is 1. The number of rotatable bonds is 3. The fourth-order valence-corrected chi connectivity index (χ4v) is 4.95. The van der Waals surface area contributed by atoms with Gasteiger partial charge in [-0.05, 0) is 68.7 Å². The van der Waals surface area contributed by atoms with Crippen LogP contribution in [0.2, 0.25) is 0 Å². The summed E-state index contributed by atoms with van der Waals surface area (Å²) in [5.41, 5.74) is 4.84. The number of nitrogens with zero attached hydrogens (tertiary/aromatic N) is 5. The van der Waals surface area contributed by atoms with E-state index >= 15 is 0 Å². The Morgan fingerprint density at radius 2 is 1.97 bits per heavy atom. The predicted molar refractivity (Wildman–Crippen MR) is 134 cm³/mol. The van der Waals surface area contributed by atoms with Crippen LogP contribution >= 0.6 is 0 Å². The van der Waals surface area contributed by atoms with Gasteiger partial charge in [0.1, 0.15) is 17.6 Å². The zero-order chi connectivity index (χ0) is 24.9. The number of ether oxygens (including phenoxy) is 1. The Labute approximate surface area is 204 Å². The van der Waals surface area contributed by atoms with E-state index in [2.05, 4.69) is 52.2 Å². The minimum absolute atomic E-state index is 0.147. The largest absolute Gasteiger partial charge is 0.491 e. The number of benzene rings is 1. The second-order valence-corrected chi connectivity index (χ2v) is 10.6. The van der Waals surface area contributed by atoms with Crippen molar-refractivity contribution in [1.29, 1.82) is 0 Å². The lowest BCUT2D eigenvalue weighted by atomic mass is 9.88. The molecule has 0 atom stereocenters. The van der Waals surface area contributed by atoms with Gasteiger partial charge < -0.3 is 19.7 Å². The first-order valence-electron chi connectivity index (χ1n) is 12.1. The van der Waals surface area contributed by atoms with Crippen molar-refractivity contribution in [3.63, 3.8) is 0 Å². The van der Waals surface area contributed by atoms with Crippen LogP contribution in [0.15, 0.2) is 30.7 Å². The highest BCUT2D eigenvalue weighted by Gasteiger charge is 2.28. The van der Waals surface area contributed by atoms with Crippen molar-refractivity contribution in [2.45, 2.75) is 64.9 Å². The van der Waals surface area contributed by atoms with Gasteiger partial charge in [-0.25, -0.2) is 9.78 Å². The molecule has 5 rings (SSSR count). The van der Waals surface area contributed by atoms with Crippen LogP contribution in [0.1, 0.15) is 70.4 Å². The summed E-state index contributed by atoms with van der Waals surface area (Å²) >= 11 is 0. The lowest BCUT2D eigenvalue weighted by Gasteiger charge is -2.33. The standard InChI is InChI=1S/C26H32N6O3/c1-15(2)21-18-12-17(16-8-10-31(11-9-16)25(34)35-26(3,4)5)6-7-19(18)28-22(21)20-13-32-14-27-30-23(32)24(33)29-20/h6-7,12-16,28H,8-11H2,1-5H3,(H,29,33). The zero-order valence-corrected chi connectivity index (χ0v) is 20.9. The average Bonchev–Trinajstić information content (AvgIpc) is 3.42. The second-order valence-electron chi connectivity index (χ2n) is 10.6. The molecule has 9 heteroatoms. The van der Waals surface area contributed by atoms with Crippen LogP contribution in [0.25, 0.3) is 27.9 Å². The highest BCUT2D eigenvalue weighted by Crippen LogP contribution is 2.38. The van der Waals surface area contributed by atoms with Crippen LogP contribution in [0.5, 0.6) is 5.88 Å². The first kappa shape index (κ1) is 23.1. The predicted octanol–water partition coefficient (Wildman–Crippen LogP) is 5.22. The van der Waals surface area contributed by atoms with Crippen molar-refractivity contribution >= 4 is 22.6 Å². The maximum atomic E-state index is 12.4. The van der Waals surface area contributed by atoms with Crippen molar-refractivity contribution in [3.8, 4) is 17.3 Å². The SMILES string of the molecule is CC(C)c1c(-c2cn3cnnc3c(O)n2)[nH]c2ccc(C3CCN(C(=O)OC(C)(C)C)CC3)cc12. The molecule has 4 heterocycles. The molecule has 1 fully saturated rings. The molecule has 9 nitrogen and oxygen atoms in total. The topological polar surface area (TPSA) is 109 Å². The fourth-order valence-electron chi connectivity index (χ4n) is 4.95. The van der Waals surface area contributed by atoms with E-state index in [9.17, 15) is 9.90 Å². The Hall–Kier alpha value is -3.62. The maximum absolute atomic E-state index is 12.4. The van der Waals surface area contributed by atoms with Gasteiger partial charge in [0.2, 0.25) is 5.65 Å². The van der Waals surface area contributed by atoms with E-state index in [0.717, 1.165) is 35.0 Å². The number of carbonyl (C=O) groups excluding carboxylic acids is 1. The zero-order valence-electron chi connectivity index (χ0n) is 20.9. The minimum Gasteiger partial charge on any atom is -0.491 e. The molecule has 0 spiro atoms. The van der Waals surface area contributed by atoms with Crippen LogP contribution in [-0.2, 0) is 4.74 Å². The monoisotopic (exact) mass is 476 g/mol. The first-order valence-corrected chi connectivity index (χ1v) is 12.1. The molecule has 1 amide bonds. The Bertz CT molecular complexity index is 1390. The van der Waals surface area contributed by atoms with Crippen LogP contribution in [-0.4, -0.2) is 59.4 Å². The van der Waals surface area contributed by atoms with E-state index in [0.29, 0.717) is 30.3 Å². The number of hydrogen-bond donors (Lipinski definition) is 2. The van der Waals surface area contributed by atoms with Crippen LogP contribution in [0.4, 0.5) is 4.79 Å². The van der Waals surface area contributed by atoms with E-state index in [1.165, 1.54) is 5.56 Å². The van der Waals surface area contributed by atoms with Crippen LogP contribution < -0.4 is 0 Å². The molecule has 184 valence electrons. The molecule has 4 aromatic rings. The summed E-state index contributed by atoms with van der Waals surface area (Å²) in [6.45, 7) is 11.4. The van der Waals surface area contributed by atoms with Crippen molar-refractivity contribution in [3.05, 3.63) is 41.9 Å². The molecule has 0 aliphatic carbocycles. The summed E-state index contributed by atoms with van der Waals surface area (Å²) in [5.74, 6) is 0.473. The van der Waals surface area contributed by atoms with E-state index in [4.69, 9.17) is 4.74 Å². The third-order valence-corrected chi connectivity index (χ3v) is 6.58. The number of amides is 1. The lowest BCUT2D eigenvalue weighted by molar-refractivity contribution is 0.0205. The second kappa shape index (κ2) is 8.55. The van der Waals surface area contributed by atoms with Gasteiger partial charge in [-0.2, -0.15) is 0 Å². The van der Waals surface area contributed by atoms with Gasteiger partial charge in [0.15, 0.2) is 0 Å². The number of carbonyl (C=O) groups is 1. The molecule has 0 radical (unpaired) electrons. The molecule has 1 saturated heterocycles. The number of hydrogen-bond acceptors (Lipinski definition) is 6. The number of piperidine rings is 1. The molecule has 0 saturated carbocycles. The van der Waals surface area contributed by atoms with Gasteiger partial charge in [-0.3, -0.25) is 4.40 Å². The van der Waals surface area contributed by atoms with Crippen molar-refractivity contribution in [2.75, 3.05) is 13.1 Å². The highest BCUT2D eigenvalue weighted by molar-refractivity contribution is 5.91. The maximum Gasteiger partial charge on any atom is 0.410 e. The first-order chi connectivity index (χ1) is 16.6. The summed E-state index contributed by atoms with van der Waals surface area (Å²) < 4.78 is 7.22. The Balaban J connectivity index is 1.44. The molecular weight excluding hydrogens is 444 g/mol. The normalized spacial score (nSPS) is 15.4. The van der Waals surface area contributed by atoms with Crippen molar-refractivity contribution < 1.29 is 14.6 Å². The quantitative estimate of drug-likeness (QED) is 0.420. The van der Waals surface area contributed by atoms with Crippen LogP contribution in [0, 0.1) is 0 Å². The van der Waals surface area contributed by atoms with Crippen LogP contribution in [0.3, 0.4) is 0 Å². The molecule has 3 aromatic heterocycles. The smallest absolute Gasteiger partial charge is 0.410 e. The number of nitrogens with one attached hydrogen (secondary N) is 1. The highest BCUT2D eigenvalue weighted by atomic mass is 16.6. The van der Waals surface area contributed by atoms with Gasteiger partial charge >= 0.3 is 6.09 Å². The van der Waals surface area contributed by atoms with Gasteiger partial charge in [-0.1, -0.05) is 19.9 Å². The number of fused-ring (bicyclic) bond motifs is 2. The van der Waals surface area contributed by atoms with Crippen molar-refractivity contribution in [1.82, 2.24) is 29.5 Å². The minimum atomic E-state index is -0.483. The molecule has 2 N–H and O–H groups in total. The number of aromatic amines is 1. The average molecular weight is 477 g/mol. The molecule has 0 bridgehead atoms. The number of aromatic nitrogens is 5. The van der Waals surface area contributed by atoms with Gasteiger partial charge in [0.05, 0.1) is 5.69 Å². The molecule has 35 heavy (non-hydrogen) atoms. The van der Waals surface area contributed by atoms with Gasteiger partial charge in [-0.15, -0.1) is 10.2 Å². The Morgan fingerprint density at radius 3 is 2.66 bits per heavy atom. The summed E-state index contributed by atoms with van der Waals surface area (Å²) in [6, 6.07) is 6.57. The lowest BCUT2D eigenvalue weighted by Crippen LogP contribution is -2.41. The number of likely N-dealkylation sites (tertiary alicyclic amines) is 1. The van der Waals surface area contributed by atoms with Crippen molar-refractivity contribution in [2.24, 2.45) is 0 Å². The molecule has 1 aliphatic rings. The molecule has 0 unspecified atom stereocenters. The fraction of sp³-hybridized carbons (Fsp3) is 0.462. The summed E-state index contributed by atoms with van der Waals surface area (Å²) in [5, 5.41) is 19.3. The third-order valence-electron chi connectivity index (χ3n) is 6.58. The Morgan fingerprint density at radius 1 is 1.23 bits per heavy atom. The number of aromatic hydroxyl groups is 1. The van der Waals surface area contributed by atoms with E-state index in [1.54, 1.807) is 10.7 Å². The molecule has 1 aliphatic heterocycles. The van der Waals surface area contributed by atoms with E-state index in [1.807, 2.05) is 31.9 Å². The molecule has 1 aromatic carbocycles. The Kier molecular flexibility index (Phi) is 5.65.